The van der Waals surface area contributed by atoms with E-state index in [1.807, 2.05) is 21.1 Å². The number of nitrogens with zero attached hydrogens (tertiary/aromatic N) is 1. The highest BCUT2D eigenvalue weighted by Gasteiger charge is 2.22. The molecule has 0 bridgehead atoms. The van der Waals surface area contributed by atoms with Crippen LogP contribution in [-0.2, 0) is 32.7 Å². The first kappa shape index (κ1) is 68.0. The summed E-state index contributed by atoms with van der Waals surface area (Å²) >= 11 is 0. The van der Waals surface area contributed by atoms with Crippen molar-refractivity contribution in [3.05, 3.63) is 48.6 Å². The lowest BCUT2D eigenvalue weighted by atomic mass is 10.0. The van der Waals surface area contributed by atoms with Gasteiger partial charge in [0.2, 0.25) is 0 Å². The molecular formula is C60H112NO8P. The van der Waals surface area contributed by atoms with Gasteiger partial charge < -0.3 is 27.9 Å². The summed E-state index contributed by atoms with van der Waals surface area (Å²) in [5.41, 5.74) is 0. The summed E-state index contributed by atoms with van der Waals surface area (Å²) in [4.78, 5) is 37.9. The minimum Gasteiger partial charge on any atom is -0.756 e. The van der Waals surface area contributed by atoms with Crippen LogP contribution in [0, 0.1) is 0 Å². The predicted octanol–water partition coefficient (Wildman–Crippen LogP) is 17.5. The highest BCUT2D eigenvalue weighted by molar-refractivity contribution is 7.45. The van der Waals surface area contributed by atoms with Crippen molar-refractivity contribution in [3.8, 4) is 0 Å². The molecule has 0 rings (SSSR count). The highest BCUT2D eigenvalue weighted by atomic mass is 31.2. The van der Waals surface area contributed by atoms with Gasteiger partial charge in [-0.05, 0) is 51.4 Å². The van der Waals surface area contributed by atoms with Crippen LogP contribution in [0.25, 0.3) is 0 Å². The van der Waals surface area contributed by atoms with Gasteiger partial charge in [-0.2, -0.15) is 0 Å². The maximum absolute atomic E-state index is 12.8. The number of carbonyl (C=O) groups excluding carboxylic acids is 2. The molecule has 0 aliphatic rings. The molecule has 2 atom stereocenters. The van der Waals surface area contributed by atoms with Crippen molar-refractivity contribution in [2.75, 3.05) is 47.5 Å². The van der Waals surface area contributed by atoms with E-state index in [4.69, 9.17) is 18.5 Å². The molecule has 0 radical (unpaired) electrons. The van der Waals surface area contributed by atoms with Crippen molar-refractivity contribution in [2.24, 2.45) is 0 Å². The van der Waals surface area contributed by atoms with E-state index >= 15 is 0 Å². The maximum Gasteiger partial charge on any atom is 0.306 e. The Morgan fingerprint density at radius 3 is 1.21 bits per heavy atom. The number of carbonyl (C=O) groups is 2. The lowest BCUT2D eigenvalue weighted by Gasteiger charge is -2.28. The number of unbranched alkanes of at least 4 members (excludes halogenated alkanes) is 32. The first-order valence-electron chi connectivity index (χ1n) is 29.3. The fourth-order valence-corrected chi connectivity index (χ4v) is 9.08. The number of ether oxygens (including phenoxy) is 2. The van der Waals surface area contributed by atoms with Gasteiger partial charge >= 0.3 is 11.9 Å². The lowest BCUT2D eigenvalue weighted by molar-refractivity contribution is -0.870. The van der Waals surface area contributed by atoms with Gasteiger partial charge in [-0.1, -0.05) is 255 Å². The first-order chi connectivity index (χ1) is 34.0. The van der Waals surface area contributed by atoms with Crippen LogP contribution in [0.4, 0.5) is 0 Å². The fraction of sp³-hybridized carbons (Fsp3) is 0.833. The van der Waals surface area contributed by atoms with Crippen LogP contribution >= 0.6 is 7.82 Å². The van der Waals surface area contributed by atoms with E-state index in [0.29, 0.717) is 17.4 Å². The molecule has 10 heteroatoms. The van der Waals surface area contributed by atoms with E-state index in [1.165, 1.54) is 173 Å². The third kappa shape index (κ3) is 55.3. The molecule has 0 saturated heterocycles. The largest absolute Gasteiger partial charge is 0.756 e. The van der Waals surface area contributed by atoms with E-state index in [0.717, 1.165) is 64.2 Å². The second kappa shape index (κ2) is 51.9. The Kier molecular flexibility index (Phi) is 50.4. The van der Waals surface area contributed by atoms with Gasteiger partial charge in [-0.3, -0.25) is 14.2 Å². The standard InChI is InChI=1S/C60H112NO8P/c1-6-8-10-12-14-16-18-20-22-24-26-28-29-30-31-33-35-37-39-41-43-45-47-49-51-53-60(63)69-58(57-68-70(64,65)67-55-54-61(3,4)5)56-66-59(62)52-50-48-46-44-42-40-38-36-34-32-27-25-23-21-19-17-15-13-11-9-7-2/h8,10,14,16,20,22,26,28,58H,6-7,9,11-13,15,17-19,21,23-25,27,29-57H2,1-5H3/b10-8-,16-14-,22-20-,28-26-. The SMILES string of the molecule is CC/C=C\C/C=C\C/C=C\C/C=C\CCCCCCCCCCCCCCC(=O)OC(COC(=O)CCCCCCCCCCCCCCCCCCCCCCC)COP(=O)([O-])OCC[N+](C)(C)C. The van der Waals surface area contributed by atoms with Crippen LogP contribution in [0.1, 0.15) is 271 Å². The van der Waals surface area contributed by atoms with Crippen LogP contribution in [0.15, 0.2) is 48.6 Å². The smallest absolute Gasteiger partial charge is 0.306 e. The molecule has 0 aromatic heterocycles. The second-order valence-corrected chi connectivity index (χ2v) is 22.4. The molecule has 0 heterocycles. The van der Waals surface area contributed by atoms with Gasteiger partial charge in [0, 0.05) is 12.8 Å². The molecule has 0 amide bonds. The number of phosphoric ester groups is 1. The molecule has 410 valence electrons. The average molecular weight is 1010 g/mol. The van der Waals surface area contributed by atoms with Crippen LogP contribution < -0.4 is 4.89 Å². The van der Waals surface area contributed by atoms with E-state index in [1.54, 1.807) is 0 Å². The molecule has 2 unspecified atom stereocenters. The van der Waals surface area contributed by atoms with Crippen molar-refractivity contribution in [1.82, 2.24) is 0 Å². The Hall–Kier alpha value is -2.03. The van der Waals surface area contributed by atoms with Crippen LogP contribution in [-0.4, -0.2) is 70.0 Å². The molecule has 0 fully saturated rings. The van der Waals surface area contributed by atoms with Crippen LogP contribution in [0.2, 0.25) is 0 Å². The molecule has 0 N–H and O–H groups in total. The predicted molar refractivity (Wildman–Crippen MR) is 296 cm³/mol. The highest BCUT2D eigenvalue weighted by Crippen LogP contribution is 2.38. The van der Waals surface area contributed by atoms with Crippen molar-refractivity contribution in [3.63, 3.8) is 0 Å². The van der Waals surface area contributed by atoms with E-state index in [9.17, 15) is 19.0 Å². The summed E-state index contributed by atoms with van der Waals surface area (Å²) in [5, 5.41) is 0. The fourth-order valence-electron chi connectivity index (χ4n) is 8.36. The monoisotopic (exact) mass is 1010 g/mol. The van der Waals surface area contributed by atoms with Gasteiger partial charge in [0.05, 0.1) is 27.7 Å². The second-order valence-electron chi connectivity index (χ2n) is 21.0. The third-order valence-corrected chi connectivity index (χ3v) is 13.8. The molecule has 0 saturated carbocycles. The van der Waals surface area contributed by atoms with Gasteiger partial charge in [0.25, 0.3) is 7.82 Å². The Morgan fingerprint density at radius 2 is 0.814 bits per heavy atom. The summed E-state index contributed by atoms with van der Waals surface area (Å²) in [7, 11) is 1.17. The number of rotatable bonds is 54. The Bertz CT molecular complexity index is 1320. The van der Waals surface area contributed by atoms with Gasteiger partial charge in [0.1, 0.15) is 19.8 Å². The molecule has 0 spiro atoms. The van der Waals surface area contributed by atoms with Gasteiger partial charge in [-0.15, -0.1) is 0 Å². The van der Waals surface area contributed by atoms with E-state index < -0.39 is 26.5 Å². The number of hydrogen-bond acceptors (Lipinski definition) is 8. The summed E-state index contributed by atoms with van der Waals surface area (Å²) in [5.74, 6) is -0.823. The van der Waals surface area contributed by atoms with Crippen molar-refractivity contribution >= 4 is 19.8 Å². The van der Waals surface area contributed by atoms with Crippen LogP contribution in [0.5, 0.6) is 0 Å². The minimum atomic E-state index is -4.63. The Balaban J connectivity index is 4.14. The summed E-state index contributed by atoms with van der Waals surface area (Å²) in [6, 6.07) is 0. The molecule has 0 aromatic rings. The molecule has 70 heavy (non-hydrogen) atoms. The van der Waals surface area contributed by atoms with Crippen molar-refractivity contribution in [1.29, 1.82) is 0 Å². The minimum absolute atomic E-state index is 0.0303. The zero-order valence-corrected chi connectivity index (χ0v) is 47.4. The average Bonchev–Trinajstić information content (AvgIpc) is 3.32. The third-order valence-electron chi connectivity index (χ3n) is 12.9. The number of likely N-dealkylation sites (N-methyl/N-ethyl adjacent to an activating group) is 1. The maximum atomic E-state index is 12.8. The zero-order valence-electron chi connectivity index (χ0n) is 46.5. The summed E-state index contributed by atoms with van der Waals surface area (Å²) in [6.07, 6.45) is 64.4. The van der Waals surface area contributed by atoms with Gasteiger partial charge in [-0.25, -0.2) is 0 Å². The lowest BCUT2D eigenvalue weighted by Crippen LogP contribution is -2.37. The van der Waals surface area contributed by atoms with E-state index in [2.05, 4.69) is 62.5 Å². The number of phosphoric acid groups is 1. The Morgan fingerprint density at radius 1 is 0.457 bits per heavy atom. The van der Waals surface area contributed by atoms with Crippen molar-refractivity contribution in [2.45, 2.75) is 277 Å². The molecule has 0 aromatic carbocycles. The first-order valence-corrected chi connectivity index (χ1v) is 30.8. The van der Waals surface area contributed by atoms with Crippen LogP contribution in [0.3, 0.4) is 0 Å². The zero-order chi connectivity index (χ0) is 51.3. The number of quaternary nitrogens is 1. The molecule has 0 aliphatic heterocycles. The molecule has 9 nitrogen and oxygen atoms in total. The Labute approximate surface area is 433 Å². The topological polar surface area (TPSA) is 111 Å². The number of hydrogen-bond donors (Lipinski definition) is 0. The summed E-state index contributed by atoms with van der Waals surface area (Å²) < 4.78 is 34.2. The quantitative estimate of drug-likeness (QED) is 0.0195. The van der Waals surface area contributed by atoms with E-state index in [-0.39, 0.29) is 32.0 Å². The molecular weight excluding hydrogens is 894 g/mol. The number of allylic oxidation sites excluding steroid dienone is 8. The van der Waals surface area contributed by atoms with Crippen molar-refractivity contribution < 1.29 is 42.1 Å². The molecule has 0 aliphatic carbocycles. The van der Waals surface area contributed by atoms with Gasteiger partial charge in [0.15, 0.2) is 6.10 Å². The summed E-state index contributed by atoms with van der Waals surface area (Å²) in [6.45, 7) is 4.17. The number of esters is 2. The normalized spacial score (nSPS) is 13.6.